The van der Waals surface area contributed by atoms with Gasteiger partial charge in [-0.3, -0.25) is 4.98 Å². The van der Waals surface area contributed by atoms with Gasteiger partial charge >= 0.3 is 6.18 Å². The summed E-state index contributed by atoms with van der Waals surface area (Å²) < 4.78 is 38.9. The molecule has 28 heavy (non-hydrogen) atoms. The lowest BCUT2D eigenvalue weighted by molar-refractivity contribution is -0.137. The molecule has 3 nitrogen and oxygen atoms in total. The van der Waals surface area contributed by atoms with E-state index in [1.807, 2.05) is 53.4 Å². The fourth-order valence-electron chi connectivity index (χ4n) is 2.67. The van der Waals surface area contributed by atoms with E-state index >= 15 is 0 Å². The third-order valence-electron chi connectivity index (χ3n) is 4.02. The van der Waals surface area contributed by atoms with Gasteiger partial charge in [-0.1, -0.05) is 42.5 Å². The second-order valence-corrected chi connectivity index (χ2v) is 6.56. The van der Waals surface area contributed by atoms with Crippen molar-refractivity contribution in [2.45, 2.75) is 19.3 Å². The first-order chi connectivity index (χ1) is 13.4. The fraction of sp³-hybridized carbons (Fsp3) is 0.143. The minimum absolute atomic E-state index is 0.291. The molecule has 0 bridgehead atoms. The molecule has 0 spiro atoms. The number of hydrogen-bond acceptors (Lipinski definition) is 2. The minimum atomic E-state index is -4.41. The van der Waals surface area contributed by atoms with Crippen LogP contribution in [0.3, 0.4) is 0 Å². The van der Waals surface area contributed by atoms with Crippen molar-refractivity contribution in [1.29, 1.82) is 0 Å². The summed E-state index contributed by atoms with van der Waals surface area (Å²) in [6.45, 7) is 0.933. The molecule has 1 N–H and O–H groups in total. The number of rotatable bonds is 5. The molecule has 1 heterocycles. The van der Waals surface area contributed by atoms with Gasteiger partial charge in [0.15, 0.2) is 5.11 Å². The summed E-state index contributed by atoms with van der Waals surface area (Å²) in [7, 11) is 0. The van der Waals surface area contributed by atoms with Crippen LogP contribution in [-0.2, 0) is 19.3 Å². The van der Waals surface area contributed by atoms with Crippen LogP contribution in [0.2, 0.25) is 0 Å². The molecule has 0 unspecified atom stereocenters. The van der Waals surface area contributed by atoms with Crippen LogP contribution >= 0.6 is 12.2 Å². The van der Waals surface area contributed by atoms with Gasteiger partial charge in [-0.2, -0.15) is 13.2 Å². The lowest BCUT2D eigenvalue weighted by Gasteiger charge is -2.26. The molecule has 0 radical (unpaired) electrons. The van der Waals surface area contributed by atoms with E-state index in [9.17, 15) is 13.2 Å². The van der Waals surface area contributed by atoms with Gasteiger partial charge in [-0.15, -0.1) is 0 Å². The van der Waals surface area contributed by atoms with Gasteiger partial charge < -0.3 is 10.2 Å². The molecule has 0 amide bonds. The molecule has 144 valence electrons. The zero-order chi connectivity index (χ0) is 20.0. The number of thiocarbonyl (C=S) groups is 1. The average molecular weight is 401 g/mol. The third-order valence-corrected chi connectivity index (χ3v) is 4.38. The third kappa shape index (κ3) is 5.53. The van der Waals surface area contributed by atoms with E-state index in [4.69, 9.17) is 12.2 Å². The molecule has 0 fully saturated rings. The Bertz CT molecular complexity index is 873. The number of hydrogen-bond donors (Lipinski definition) is 1. The highest BCUT2D eigenvalue weighted by molar-refractivity contribution is 7.80. The number of nitrogens with one attached hydrogen (secondary N) is 1. The van der Waals surface area contributed by atoms with Crippen LogP contribution in [0.15, 0.2) is 79.0 Å². The van der Waals surface area contributed by atoms with Crippen LogP contribution in [0.25, 0.3) is 0 Å². The molecule has 2 aromatic carbocycles. The van der Waals surface area contributed by atoms with Gasteiger partial charge in [0.25, 0.3) is 0 Å². The van der Waals surface area contributed by atoms with Crippen LogP contribution < -0.4 is 5.32 Å². The van der Waals surface area contributed by atoms with Crippen molar-refractivity contribution < 1.29 is 13.2 Å². The van der Waals surface area contributed by atoms with E-state index in [-0.39, 0.29) is 0 Å². The molecule has 1 aromatic heterocycles. The van der Waals surface area contributed by atoms with Crippen LogP contribution in [0.4, 0.5) is 18.9 Å². The van der Waals surface area contributed by atoms with Crippen LogP contribution in [0.1, 0.15) is 16.8 Å². The molecule has 0 aliphatic heterocycles. The van der Waals surface area contributed by atoms with Crippen molar-refractivity contribution in [3.8, 4) is 0 Å². The van der Waals surface area contributed by atoms with E-state index in [0.717, 1.165) is 23.4 Å². The lowest BCUT2D eigenvalue weighted by Crippen LogP contribution is -2.34. The van der Waals surface area contributed by atoms with Crippen molar-refractivity contribution in [2.75, 3.05) is 5.32 Å². The standard InChI is InChI=1S/C21H18F3N3S/c22-21(23,24)17-9-6-11-18(13-17)26-20(28)27(14-16-7-2-1-3-8-16)15-19-10-4-5-12-25-19/h1-13H,14-15H2,(H,26,28). The summed E-state index contributed by atoms with van der Waals surface area (Å²) in [4.78, 5) is 6.19. The summed E-state index contributed by atoms with van der Waals surface area (Å²) >= 11 is 5.50. The SMILES string of the molecule is FC(F)(F)c1cccc(NC(=S)N(Cc2ccccc2)Cc2ccccn2)c1. The van der Waals surface area contributed by atoms with Gasteiger partial charge in [0.05, 0.1) is 17.8 Å². The summed E-state index contributed by atoms with van der Waals surface area (Å²) in [6, 6.07) is 20.3. The van der Waals surface area contributed by atoms with Gasteiger partial charge in [-0.05, 0) is 48.1 Å². The maximum Gasteiger partial charge on any atom is 0.416 e. The number of benzene rings is 2. The second kappa shape index (κ2) is 8.84. The molecular formula is C21H18F3N3S. The predicted molar refractivity (Wildman–Crippen MR) is 108 cm³/mol. The van der Waals surface area contributed by atoms with Crippen molar-refractivity contribution in [1.82, 2.24) is 9.88 Å². The summed E-state index contributed by atoms with van der Waals surface area (Å²) in [5.41, 5.74) is 1.41. The van der Waals surface area contributed by atoms with E-state index in [0.29, 0.717) is 23.9 Å². The largest absolute Gasteiger partial charge is 0.416 e. The summed E-state index contributed by atoms with van der Waals surface area (Å²) in [5, 5.41) is 3.25. The zero-order valence-electron chi connectivity index (χ0n) is 14.9. The molecule has 0 aliphatic carbocycles. The first kappa shape index (κ1) is 19.8. The van der Waals surface area contributed by atoms with Gasteiger partial charge in [-0.25, -0.2) is 0 Å². The Balaban J connectivity index is 1.80. The Kier molecular flexibility index (Phi) is 6.26. The first-order valence-electron chi connectivity index (χ1n) is 8.59. The highest BCUT2D eigenvalue weighted by Crippen LogP contribution is 2.30. The van der Waals surface area contributed by atoms with Gasteiger partial charge in [0.1, 0.15) is 0 Å². The Hall–Kier alpha value is -2.93. The molecule has 0 saturated heterocycles. The molecular weight excluding hydrogens is 383 g/mol. The van der Waals surface area contributed by atoms with Gasteiger partial charge in [0, 0.05) is 18.4 Å². The fourth-order valence-corrected chi connectivity index (χ4v) is 2.91. The first-order valence-corrected chi connectivity index (χ1v) is 9.00. The molecule has 7 heteroatoms. The number of halogens is 3. The summed E-state index contributed by atoms with van der Waals surface area (Å²) in [5.74, 6) is 0. The molecule has 3 rings (SSSR count). The molecule has 0 atom stereocenters. The highest BCUT2D eigenvalue weighted by Gasteiger charge is 2.30. The normalized spacial score (nSPS) is 11.1. The van der Waals surface area contributed by atoms with E-state index in [1.54, 1.807) is 12.3 Å². The number of pyridine rings is 1. The van der Waals surface area contributed by atoms with Crippen molar-refractivity contribution in [2.24, 2.45) is 0 Å². The van der Waals surface area contributed by atoms with E-state index in [1.165, 1.54) is 6.07 Å². The van der Waals surface area contributed by atoms with Crippen LogP contribution in [-0.4, -0.2) is 15.0 Å². The van der Waals surface area contributed by atoms with Gasteiger partial charge in [0.2, 0.25) is 0 Å². The lowest BCUT2D eigenvalue weighted by atomic mass is 10.2. The average Bonchev–Trinajstić information content (AvgIpc) is 2.69. The maximum atomic E-state index is 13.0. The number of alkyl halides is 3. The van der Waals surface area contributed by atoms with Crippen molar-refractivity contribution in [3.05, 3.63) is 95.8 Å². The number of aromatic nitrogens is 1. The topological polar surface area (TPSA) is 28.2 Å². The maximum absolute atomic E-state index is 13.0. The molecule has 0 aliphatic rings. The molecule has 3 aromatic rings. The Morgan fingerprint density at radius 2 is 1.68 bits per heavy atom. The van der Waals surface area contributed by atoms with Crippen molar-refractivity contribution in [3.63, 3.8) is 0 Å². The molecule has 0 saturated carbocycles. The Labute approximate surface area is 166 Å². The second-order valence-electron chi connectivity index (χ2n) is 6.17. The van der Waals surface area contributed by atoms with E-state index < -0.39 is 11.7 Å². The minimum Gasteiger partial charge on any atom is -0.339 e. The smallest absolute Gasteiger partial charge is 0.339 e. The van der Waals surface area contributed by atoms with E-state index in [2.05, 4.69) is 10.3 Å². The number of anilines is 1. The Morgan fingerprint density at radius 1 is 0.929 bits per heavy atom. The highest BCUT2D eigenvalue weighted by atomic mass is 32.1. The van der Waals surface area contributed by atoms with Crippen LogP contribution in [0, 0.1) is 0 Å². The monoisotopic (exact) mass is 401 g/mol. The van der Waals surface area contributed by atoms with Crippen LogP contribution in [0.5, 0.6) is 0 Å². The predicted octanol–water partition coefficient (Wildman–Crippen LogP) is 5.50. The van der Waals surface area contributed by atoms with Crippen molar-refractivity contribution >= 4 is 23.0 Å². The Morgan fingerprint density at radius 3 is 2.36 bits per heavy atom. The summed E-state index contributed by atoms with van der Waals surface area (Å²) in [6.07, 6.45) is -2.71. The zero-order valence-corrected chi connectivity index (χ0v) is 15.7. The quantitative estimate of drug-likeness (QED) is 0.572. The number of nitrogens with zero attached hydrogens (tertiary/aromatic N) is 2.